The molecule has 0 aliphatic carbocycles. The van der Waals surface area contributed by atoms with Crippen LogP contribution in [0.5, 0.6) is 11.5 Å². The van der Waals surface area contributed by atoms with Crippen molar-refractivity contribution in [3.05, 3.63) is 48.3 Å². The molecule has 0 aromatic heterocycles. The summed E-state index contributed by atoms with van der Waals surface area (Å²) in [6.07, 6.45) is 1.51. The molecule has 0 bridgehead atoms. The number of ether oxygens (including phenoxy) is 3. The second kappa shape index (κ2) is 8.70. The first-order valence-corrected chi connectivity index (χ1v) is 6.58. The summed E-state index contributed by atoms with van der Waals surface area (Å²) in [4.78, 5) is 23.0. The van der Waals surface area contributed by atoms with Gasteiger partial charge in [-0.15, -0.1) is 6.58 Å². The van der Waals surface area contributed by atoms with Crippen LogP contribution in [0.4, 0.5) is 4.39 Å². The van der Waals surface area contributed by atoms with Crippen molar-refractivity contribution >= 4 is 11.9 Å². The van der Waals surface area contributed by atoms with Gasteiger partial charge in [0.25, 0.3) is 0 Å². The van der Waals surface area contributed by atoms with Gasteiger partial charge in [-0.2, -0.15) is 0 Å². The standard InChI is InChI=1S/C16H17FO6/c1-4-5-21-8-10(2)16(20)22-9-15(19)23-12-6-13(17)11(3)14(18)7-12/h4,6-7,18H,1-2,5,8-9H2,3H3. The Kier molecular flexibility index (Phi) is 6.95. The number of carbonyl (C=O) groups is 2. The Balaban J connectivity index is 2.47. The smallest absolute Gasteiger partial charge is 0.349 e. The molecular formula is C16H17FO6. The minimum atomic E-state index is -0.930. The average Bonchev–Trinajstić information content (AvgIpc) is 2.50. The summed E-state index contributed by atoms with van der Waals surface area (Å²) >= 11 is 0. The van der Waals surface area contributed by atoms with Crippen LogP contribution in [0.1, 0.15) is 5.56 Å². The highest BCUT2D eigenvalue weighted by Crippen LogP contribution is 2.26. The van der Waals surface area contributed by atoms with Gasteiger partial charge < -0.3 is 19.3 Å². The molecule has 1 N–H and O–H groups in total. The molecule has 0 fully saturated rings. The molecular weight excluding hydrogens is 307 g/mol. The third-order valence-electron chi connectivity index (χ3n) is 2.64. The molecule has 0 heterocycles. The van der Waals surface area contributed by atoms with Gasteiger partial charge in [-0.3, -0.25) is 0 Å². The van der Waals surface area contributed by atoms with Crippen molar-refractivity contribution in [2.45, 2.75) is 6.92 Å². The number of carbonyl (C=O) groups excluding carboxylic acids is 2. The molecule has 23 heavy (non-hydrogen) atoms. The molecule has 7 heteroatoms. The normalized spacial score (nSPS) is 10.0. The largest absolute Gasteiger partial charge is 0.507 e. The fourth-order valence-electron chi connectivity index (χ4n) is 1.41. The number of aromatic hydroxyl groups is 1. The molecule has 0 radical (unpaired) electrons. The number of phenols is 1. The molecule has 0 aliphatic rings. The number of halogens is 1. The Bertz CT molecular complexity index is 600. The lowest BCUT2D eigenvalue weighted by atomic mass is 10.2. The molecule has 1 aromatic rings. The number of rotatable bonds is 8. The van der Waals surface area contributed by atoms with E-state index in [-0.39, 0.29) is 35.8 Å². The van der Waals surface area contributed by atoms with Crippen molar-refractivity contribution in [2.24, 2.45) is 0 Å². The molecule has 0 unspecified atom stereocenters. The van der Waals surface area contributed by atoms with Gasteiger partial charge in [-0.25, -0.2) is 14.0 Å². The number of phenolic OH excluding ortho intramolecular Hbond substituents is 1. The highest BCUT2D eigenvalue weighted by atomic mass is 19.1. The van der Waals surface area contributed by atoms with Crippen LogP contribution in [0.3, 0.4) is 0 Å². The topological polar surface area (TPSA) is 82.1 Å². The molecule has 1 aromatic carbocycles. The summed E-state index contributed by atoms with van der Waals surface area (Å²) in [5, 5.41) is 9.44. The van der Waals surface area contributed by atoms with Crippen molar-refractivity contribution in [3.8, 4) is 11.5 Å². The highest BCUT2D eigenvalue weighted by Gasteiger charge is 2.14. The zero-order chi connectivity index (χ0) is 17.4. The molecule has 6 nitrogen and oxygen atoms in total. The number of esters is 2. The van der Waals surface area contributed by atoms with Crippen LogP contribution in [0.15, 0.2) is 36.9 Å². The van der Waals surface area contributed by atoms with Crippen molar-refractivity contribution in [2.75, 3.05) is 19.8 Å². The quantitative estimate of drug-likeness (QED) is 0.259. The number of hydrogen-bond donors (Lipinski definition) is 1. The van der Waals surface area contributed by atoms with Crippen LogP contribution in [0.2, 0.25) is 0 Å². The monoisotopic (exact) mass is 324 g/mol. The average molecular weight is 324 g/mol. The van der Waals surface area contributed by atoms with E-state index in [0.717, 1.165) is 12.1 Å². The first kappa shape index (κ1) is 18.4. The van der Waals surface area contributed by atoms with Gasteiger partial charge in [0, 0.05) is 17.7 Å². The Hall–Kier alpha value is -2.67. The van der Waals surface area contributed by atoms with Crippen molar-refractivity contribution < 1.29 is 33.3 Å². The fourth-order valence-corrected chi connectivity index (χ4v) is 1.41. The third kappa shape index (κ3) is 5.91. The molecule has 0 saturated carbocycles. The maximum absolute atomic E-state index is 13.4. The maximum Gasteiger partial charge on any atom is 0.349 e. The summed E-state index contributed by atoms with van der Waals surface area (Å²) in [7, 11) is 0. The van der Waals surface area contributed by atoms with Gasteiger partial charge in [0.2, 0.25) is 0 Å². The van der Waals surface area contributed by atoms with Crippen LogP contribution in [0.25, 0.3) is 0 Å². The van der Waals surface area contributed by atoms with Crippen molar-refractivity contribution in [1.29, 1.82) is 0 Å². The lowest BCUT2D eigenvalue weighted by molar-refractivity contribution is -0.151. The summed E-state index contributed by atoms with van der Waals surface area (Å²) in [5.74, 6) is -3.01. The van der Waals surface area contributed by atoms with E-state index in [1.807, 2.05) is 0 Å². The second-order valence-electron chi connectivity index (χ2n) is 4.51. The summed E-state index contributed by atoms with van der Waals surface area (Å²) < 4.78 is 27.8. The van der Waals surface area contributed by atoms with E-state index in [1.54, 1.807) is 0 Å². The Morgan fingerprint density at radius 2 is 2.04 bits per heavy atom. The number of benzene rings is 1. The molecule has 0 amide bonds. The van der Waals surface area contributed by atoms with Crippen LogP contribution < -0.4 is 4.74 Å². The molecule has 0 spiro atoms. The summed E-state index contributed by atoms with van der Waals surface area (Å²) in [6.45, 7) is 7.77. The maximum atomic E-state index is 13.4. The van der Waals surface area contributed by atoms with Crippen molar-refractivity contribution in [3.63, 3.8) is 0 Å². The number of hydrogen-bond acceptors (Lipinski definition) is 6. The third-order valence-corrected chi connectivity index (χ3v) is 2.64. The Labute approximate surface area is 132 Å². The van der Waals surface area contributed by atoms with E-state index in [4.69, 9.17) is 9.47 Å². The van der Waals surface area contributed by atoms with Gasteiger partial charge in [0.15, 0.2) is 6.61 Å². The van der Waals surface area contributed by atoms with E-state index in [9.17, 15) is 19.1 Å². The van der Waals surface area contributed by atoms with E-state index >= 15 is 0 Å². The molecule has 124 valence electrons. The molecule has 0 atom stereocenters. The first-order valence-electron chi connectivity index (χ1n) is 6.58. The molecule has 1 rings (SSSR count). The first-order chi connectivity index (χ1) is 10.8. The van der Waals surface area contributed by atoms with E-state index in [2.05, 4.69) is 17.9 Å². The van der Waals surface area contributed by atoms with Gasteiger partial charge in [0.1, 0.15) is 17.3 Å². The van der Waals surface area contributed by atoms with E-state index < -0.39 is 24.4 Å². The van der Waals surface area contributed by atoms with E-state index in [0.29, 0.717) is 0 Å². The van der Waals surface area contributed by atoms with Gasteiger partial charge in [-0.05, 0) is 6.92 Å². The lowest BCUT2D eigenvalue weighted by Gasteiger charge is -2.09. The SMILES string of the molecule is C=CCOCC(=C)C(=O)OCC(=O)Oc1cc(O)c(C)c(F)c1. The van der Waals surface area contributed by atoms with E-state index in [1.165, 1.54) is 13.0 Å². The Morgan fingerprint density at radius 1 is 1.35 bits per heavy atom. The van der Waals surface area contributed by atoms with Crippen LogP contribution in [-0.2, 0) is 19.1 Å². The molecule has 0 saturated heterocycles. The Morgan fingerprint density at radius 3 is 2.65 bits per heavy atom. The summed E-state index contributed by atoms with van der Waals surface area (Å²) in [5.41, 5.74) is 0.0609. The summed E-state index contributed by atoms with van der Waals surface area (Å²) in [6, 6.07) is 2.02. The van der Waals surface area contributed by atoms with Gasteiger partial charge >= 0.3 is 11.9 Å². The van der Waals surface area contributed by atoms with Crippen LogP contribution in [0, 0.1) is 12.7 Å². The second-order valence-corrected chi connectivity index (χ2v) is 4.51. The zero-order valence-electron chi connectivity index (χ0n) is 12.6. The van der Waals surface area contributed by atoms with Gasteiger partial charge in [-0.1, -0.05) is 12.7 Å². The lowest BCUT2D eigenvalue weighted by Crippen LogP contribution is -2.20. The minimum absolute atomic E-state index is 0.0266. The van der Waals surface area contributed by atoms with Crippen LogP contribution >= 0.6 is 0 Å². The minimum Gasteiger partial charge on any atom is -0.507 e. The van der Waals surface area contributed by atoms with Crippen molar-refractivity contribution in [1.82, 2.24) is 0 Å². The van der Waals surface area contributed by atoms with Crippen LogP contribution in [-0.4, -0.2) is 36.9 Å². The molecule has 0 aliphatic heterocycles. The predicted molar refractivity (Wildman–Crippen MR) is 79.6 cm³/mol. The predicted octanol–water partition coefficient (Wildman–Crippen LogP) is 2.05. The fraction of sp³-hybridized carbons (Fsp3) is 0.250. The zero-order valence-corrected chi connectivity index (χ0v) is 12.6. The highest BCUT2D eigenvalue weighted by molar-refractivity contribution is 5.89. The van der Waals surface area contributed by atoms with Gasteiger partial charge in [0.05, 0.1) is 18.8 Å².